The van der Waals surface area contributed by atoms with Gasteiger partial charge >= 0.3 is 5.97 Å². The Balaban J connectivity index is 2.40. The lowest BCUT2D eigenvalue weighted by atomic mass is 9.99. The second-order valence-electron chi connectivity index (χ2n) is 6.02. The summed E-state index contributed by atoms with van der Waals surface area (Å²) in [5.41, 5.74) is 8.24. The quantitative estimate of drug-likeness (QED) is 0.575. The molecule has 0 atom stereocenters. The highest BCUT2D eigenvalue weighted by Gasteiger charge is 2.30. The van der Waals surface area contributed by atoms with Crippen LogP contribution in [-0.4, -0.2) is 37.0 Å². The minimum absolute atomic E-state index is 0.00643. The standard InChI is InChI=1S/C18H26N2O3S/c1-4-6-7-8-13-15(16(17(19)24-13)18(22)23-3)12-10-14(21)20(11-12)9-5-2/h10H,4-9,11,19H2,1-3H3. The highest BCUT2D eigenvalue weighted by Crippen LogP contribution is 2.39. The van der Waals surface area contributed by atoms with Crippen molar-refractivity contribution >= 4 is 33.8 Å². The molecule has 0 bridgehead atoms. The van der Waals surface area contributed by atoms with Crippen LogP contribution in [0.1, 0.15) is 60.3 Å². The Labute approximate surface area is 147 Å². The molecular formula is C18H26N2O3S. The summed E-state index contributed by atoms with van der Waals surface area (Å²) in [5, 5.41) is 0.477. The van der Waals surface area contributed by atoms with Crippen molar-refractivity contribution in [1.29, 1.82) is 0 Å². The summed E-state index contributed by atoms with van der Waals surface area (Å²) >= 11 is 1.44. The third kappa shape index (κ3) is 3.80. The van der Waals surface area contributed by atoms with E-state index in [1.54, 1.807) is 11.0 Å². The molecule has 2 rings (SSSR count). The van der Waals surface area contributed by atoms with E-state index in [2.05, 4.69) is 6.92 Å². The van der Waals surface area contributed by atoms with Gasteiger partial charge in [0.2, 0.25) is 5.91 Å². The number of hydrogen-bond donors (Lipinski definition) is 1. The molecule has 2 N–H and O–H groups in total. The van der Waals surface area contributed by atoms with E-state index >= 15 is 0 Å². The first-order chi connectivity index (χ1) is 11.5. The van der Waals surface area contributed by atoms with Gasteiger partial charge in [0.05, 0.1) is 7.11 Å². The van der Waals surface area contributed by atoms with E-state index in [9.17, 15) is 9.59 Å². The highest BCUT2D eigenvalue weighted by atomic mass is 32.1. The molecule has 0 fully saturated rings. The van der Waals surface area contributed by atoms with E-state index < -0.39 is 5.97 Å². The zero-order valence-corrected chi connectivity index (χ0v) is 15.5. The fraction of sp³-hybridized carbons (Fsp3) is 0.556. The summed E-state index contributed by atoms with van der Waals surface area (Å²) < 4.78 is 4.92. The van der Waals surface area contributed by atoms with Crippen LogP contribution in [0.4, 0.5) is 5.00 Å². The minimum Gasteiger partial charge on any atom is -0.465 e. The Morgan fingerprint density at radius 1 is 1.33 bits per heavy atom. The summed E-state index contributed by atoms with van der Waals surface area (Å²) in [7, 11) is 1.36. The van der Waals surface area contributed by atoms with E-state index in [1.165, 1.54) is 18.4 Å². The van der Waals surface area contributed by atoms with Crippen molar-refractivity contribution in [2.75, 3.05) is 25.9 Å². The van der Waals surface area contributed by atoms with Crippen LogP contribution in [0, 0.1) is 0 Å². The van der Waals surface area contributed by atoms with Gasteiger partial charge in [0, 0.05) is 29.6 Å². The number of hydrogen-bond acceptors (Lipinski definition) is 5. The first-order valence-electron chi connectivity index (χ1n) is 8.52. The number of methoxy groups -OCH3 is 1. The molecule has 6 heteroatoms. The molecule has 0 unspecified atom stereocenters. The van der Waals surface area contributed by atoms with Crippen molar-refractivity contribution in [1.82, 2.24) is 4.90 Å². The molecule has 5 nitrogen and oxygen atoms in total. The number of carbonyl (C=O) groups is 2. The number of nitrogen functional groups attached to an aromatic ring is 1. The van der Waals surface area contributed by atoms with Crippen LogP contribution in [0.5, 0.6) is 0 Å². The molecule has 1 aliphatic heterocycles. The molecule has 0 saturated carbocycles. The zero-order valence-electron chi connectivity index (χ0n) is 14.7. The average molecular weight is 350 g/mol. The van der Waals surface area contributed by atoms with Crippen LogP contribution in [0.25, 0.3) is 5.57 Å². The molecule has 2 heterocycles. The van der Waals surface area contributed by atoms with E-state index in [4.69, 9.17) is 10.5 Å². The first kappa shape index (κ1) is 18.5. The van der Waals surface area contributed by atoms with E-state index in [0.29, 0.717) is 17.1 Å². The van der Waals surface area contributed by atoms with Gasteiger partial charge in [-0.15, -0.1) is 11.3 Å². The summed E-state index contributed by atoms with van der Waals surface area (Å²) in [6, 6.07) is 0. The Kier molecular flexibility index (Phi) is 6.43. The smallest absolute Gasteiger partial charge is 0.341 e. The van der Waals surface area contributed by atoms with Crippen LogP contribution in [0.15, 0.2) is 6.08 Å². The third-order valence-electron chi connectivity index (χ3n) is 4.19. The van der Waals surface area contributed by atoms with Crippen molar-refractivity contribution in [3.8, 4) is 0 Å². The molecule has 24 heavy (non-hydrogen) atoms. The number of esters is 1. The number of ether oxygens (including phenoxy) is 1. The molecule has 0 spiro atoms. The van der Waals surface area contributed by atoms with Crippen LogP contribution in [0.3, 0.4) is 0 Å². The van der Waals surface area contributed by atoms with Crippen LogP contribution < -0.4 is 5.73 Å². The molecule has 1 aliphatic rings. The molecule has 1 amide bonds. The van der Waals surface area contributed by atoms with Crippen molar-refractivity contribution in [2.45, 2.75) is 46.0 Å². The van der Waals surface area contributed by atoms with Gasteiger partial charge in [-0.2, -0.15) is 0 Å². The predicted molar refractivity (Wildman–Crippen MR) is 98.1 cm³/mol. The number of nitrogens with zero attached hydrogens (tertiary/aromatic N) is 1. The molecule has 1 aromatic heterocycles. The summed E-state index contributed by atoms with van der Waals surface area (Å²) in [6.07, 6.45) is 6.73. The lowest BCUT2D eigenvalue weighted by Gasteiger charge is -2.16. The molecule has 0 aromatic carbocycles. The van der Waals surface area contributed by atoms with Crippen molar-refractivity contribution in [3.63, 3.8) is 0 Å². The first-order valence-corrected chi connectivity index (χ1v) is 9.34. The second kappa shape index (κ2) is 8.33. The number of thiophene rings is 1. The van der Waals surface area contributed by atoms with Gasteiger partial charge in [0.15, 0.2) is 0 Å². The largest absolute Gasteiger partial charge is 0.465 e. The van der Waals surface area contributed by atoms with Crippen LogP contribution in [-0.2, 0) is 16.0 Å². The number of anilines is 1. The number of carbonyl (C=O) groups excluding carboxylic acids is 2. The van der Waals surface area contributed by atoms with Gasteiger partial charge in [-0.25, -0.2) is 4.79 Å². The number of nitrogens with two attached hydrogens (primary N) is 1. The van der Waals surface area contributed by atoms with E-state index in [0.717, 1.165) is 54.7 Å². The number of unbranched alkanes of at least 4 members (excludes halogenated alkanes) is 2. The number of aryl methyl sites for hydroxylation is 1. The maximum Gasteiger partial charge on any atom is 0.341 e. The molecular weight excluding hydrogens is 324 g/mol. The number of amides is 1. The lowest BCUT2D eigenvalue weighted by Crippen LogP contribution is -2.26. The van der Waals surface area contributed by atoms with E-state index in [-0.39, 0.29) is 5.91 Å². The summed E-state index contributed by atoms with van der Waals surface area (Å²) in [4.78, 5) is 27.3. The van der Waals surface area contributed by atoms with Gasteiger partial charge in [-0.05, 0) is 24.8 Å². The van der Waals surface area contributed by atoms with Gasteiger partial charge < -0.3 is 15.4 Å². The second-order valence-corrected chi connectivity index (χ2v) is 7.15. The monoisotopic (exact) mass is 350 g/mol. The predicted octanol–water partition coefficient (Wildman–Crippen LogP) is 3.49. The maximum atomic E-state index is 12.2. The van der Waals surface area contributed by atoms with Crippen LogP contribution in [0.2, 0.25) is 0 Å². The maximum absolute atomic E-state index is 12.2. The SMILES string of the molecule is CCCCCc1sc(N)c(C(=O)OC)c1C1=CC(=O)N(CCC)C1. The highest BCUT2D eigenvalue weighted by molar-refractivity contribution is 7.16. The summed E-state index contributed by atoms with van der Waals surface area (Å²) in [5.74, 6) is -0.422. The van der Waals surface area contributed by atoms with Gasteiger partial charge in [0.25, 0.3) is 0 Å². The third-order valence-corrected chi connectivity index (χ3v) is 5.27. The topological polar surface area (TPSA) is 72.6 Å². The Morgan fingerprint density at radius 3 is 2.71 bits per heavy atom. The van der Waals surface area contributed by atoms with Crippen molar-refractivity contribution < 1.29 is 14.3 Å². The average Bonchev–Trinajstić information content (AvgIpc) is 3.07. The molecule has 1 aromatic rings. The van der Waals surface area contributed by atoms with Crippen LogP contribution >= 0.6 is 11.3 Å². The van der Waals surface area contributed by atoms with E-state index in [1.807, 2.05) is 6.92 Å². The Morgan fingerprint density at radius 2 is 2.08 bits per heavy atom. The molecule has 0 radical (unpaired) electrons. The normalized spacial score (nSPS) is 14.2. The van der Waals surface area contributed by atoms with Gasteiger partial charge in [0.1, 0.15) is 10.6 Å². The summed E-state index contributed by atoms with van der Waals surface area (Å²) in [6.45, 7) is 5.46. The number of rotatable bonds is 8. The molecule has 132 valence electrons. The van der Waals surface area contributed by atoms with Crippen molar-refractivity contribution in [3.05, 3.63) is 22.1 Å². The fourth-order valence-corrected chi connectivity index (χ4v) is 4.17. The fourth-order valence-electron chi connectivity index (χ4n) is 3.03. The van der Waals surface area contributed by atoms with Gasteiger partial charge in [-0.1, -0.05) is 26.7 Å². The zero-order chi connectivity index (χ0) is 17.7. The van der Waals surface area contributed by atoms with Crippen molar-refractivity contribution in [2.24, 2.45) is 0 Å². The minimum atomic E-state index is -0.428. The molecule has 0 saturated heterocycles. The lowest BCUT2D eigenvalue weighted by molar-refractivity contribution is -0.124. The van der Waals surface area contributed by atoms with Gasteiger partial charge in [-0.3, -0.25) is 4.79 Å². The Bertz CT molecular complexity index is 649. The molecule has 0 aliphatic carbocycles. The Hall–Kier alpha value is -1.82.